The van der Waals surface area contributed by atoms with E-state index >= 15 is 0 Å². The molecule has 0 aliphatic rings. The molecular formula is C15H24N6. The fraction of sp³-hybridized carbons (Fsp3) is 0.533. The molecule has 0 bridgehead atoms. The molecule has 2 aromatic heterocycles. The van der Waals surface area contributed by atoms with Crippen molar-refractivity contribution in [1.29, 1.82) is 0 Å². The summed E-state index contributed by atoms with van der Waals surface area (Å²) < 4.78 is 2.06. The van der Waals surface area contributed by atoms with Gasteiger partial charge >= 0.3 is 0 Å². The van der Waals surface area contributed by atoms with Crippen molar-refractivity contribution in [2.24, 2.45) is 0 Å². The molecule has 0 aliphatic heterocycles. The van der Waals surface area contributed by atoms with Crippen LogP contribution in [0.15, 0.2) is 18.5 Å². The molecule has 2 rings (SSSR count). The highest BCUT2D eigenvalue weighted by atomic mass is 15.3. The minimum absolute atomic E-state index is 0.688. The Morgan fingerprint density at radius 1 is 1.14 bits per heavy atom. The van der Waals surface area contributed by atoms with Crippen molar-refractivity contribution in [1.82, 2.24) is 25.1 Å². The highest BCUT2D eigenvalue weighted by molar-refractivity contribution is 5.24. The lowest BCUT2D eigenvalue weighted by atomic mass is 10.2. The second-order valence-electron chi connectivity index (χ2n) is 4.99. The van der Waals surface area contributed by atoms with E-state index in [1.165, 1.54) is 11.3 Å². The third kappa shape index (κ3) is 4.26. The molecule has 0 spiro atoms. The molecule has 0 aromatic carbocycles. The van der Waals surface area contributed by atoms with E-state index in [2.05, 4.69) is 51.2 Å². The van der Waals surface area contributed by atoms with Crippen LogP contribution < -0.4 is 10.6 Å². The van der Waals surface area contributed by atoms with E-state index in [0.717, 1.165) is 38.3 Å². The van der Waals surface area contributed by atoms with E-state index in [0.29, 0.717) is 5.95 Å². The van der Waals surface area contributed by atoms with Crippen molar-refractivity contribution in [3.63, 3.8) is 0 Å². The normalized spacial score (nSPS) is 10.8. The van der Waals surface area contributed by atoms with Gasteiger partial charge in [0, 0.05) is 43.3 Å². The van der Waals surface area contributed by atoms with Crippen molar-refractivity contribution < 1.29 is 0 Å². The Morgan fingerprint density at radius 2 is 1.90 bits per heavy atom. The topological polar surface area (TPSA) is 67.7 Å². The van der Waals surface area contributed by atoms with Gasteiger partial charge in [-0.05, 0) is 39.8 Å². The molecule has 2 aromatic rings. The van der Waals surface area contributed by atoms with Crippen LogP contribution in [0.3, 0.4) is 0 Å². The van der Waals surface area contributed by atoms with Gasteiger partial charge in [-0.3, -0.25) is 4.68 Å². The fourth-order valence-corrected chi connectivity index (χ4v) is 2.32. The zero-order chi connectivity index (χ0) is 15.1. The van der Waals surface area contributed by atoms with Crippen LogP contribution in [0.1, 0.15) is 30.3 Å². The number of rotatable bonds is 8. The molecule has 114 valence electrons. The van der Waals surface area contributed by atoms with Crippen LogP contribution >= 0.6 is 0 Å². The lowest BCUT2D eigenvalue weighted by Gasteiger charge is -2.07. The van der Waals surface area contributed by atoms with Crippen molar-refractivity contribution in [3.8, 4) is 0 Å². The van der Waals surface area contributed by atoms with Crippen LogP contribution in [0, 0.1) is 13.8 Å². The van der Waals surface area contributed by atoms with E-state index in [9.17, 15) is 0 Å². The van der Waals surface area contributed by atoms with Crippen molar-refractivity contribution >= 4 is 5.95 Å². The second kappa shape index (κ2) is 7.73. The van der Waals surface area contributed by atoms with Gasteiger partial charge in [-0.1, -0.05) is 0 Å². The summed E-state index contributed by atoms with van der Waals surface area (Å²) >= 11 is 0. The van der Waals surface area contributed by atoms with Crippen LogP contribution in [0.25, 0.3) is 0 Å². The van der Waals surface area contributed by atoms with Gasteiger partial charge in [-0.15, -0.1) is 0 Å². The lowest BCUT2D eigenvalue weighted by Crippen LogP contribution is -2.19. The molecule has 0 amide bonds. The standard InChI is InChI=1S/C15H24N6/c1-4-21-13(3)14(12(2)20-21)11-16-7-5-8-17-15-18-9-6-10-19-15/h6,9-10,16H,4-5,7-8,11H2,1-3H3,(H,17,18,19). The van der Waals surface area contributed by atoms with Gasteiger partial charge in [0.1, 0.15) is 0 Å². The highest BCUT2D eigenvalue weighted by Gasteiger charge is 2.09. The van der Waals surface area contributed by atoms with Gasteiger partial charge in [-0.2, -0.15) is 5.10 Å². The predicted molar refractivity (Wildman–Crippen MR) is 84.2 cm³/mol. The van der Waals surface area contributed by atoms with Crippen LogP contribution in [0.4, 0.5) is 5.95 Å². The van der Waals surface area contributed by atoms with Crippen molar-refractivity contribution in [2.45, 2.75) is 40.3 Å². The second-order valence-corrected chi connectivity index (χ2v) is 4.99. The molecule has 0 saturated carbocycles. The summed E-state index contributed by atoms with van der Waals surface area (Å²) in [4.78, 5) is 8.25. The Labute approximate surface area is 126 Å². The van der Waals surface area contributed by atoms with Crippen LogP contribution in [0.2, 0.25) is 0 Å². The summed E-state index contributed by atoms with van der Waals surface area (Å²) in [5, 5.41) is 11.2. The number of hydrogen-bond acceptors (Lipinski definition) is 5. The van der Waals surface area contributed by atoms with Crippen LogP contribution in [-0.4, -0.2) is 32.8 Å². The molecule has 0 radical (unpaired) electrons. The molecule has 2 N–H and O–H groups in total. The molecule has 0 saturated heterocycles. The zero-order valence-electron chi connectivity index (χ0n) is 13.1. The lowest BCUT2D eigenvalue weighted by molar-refractivity contribution is 0.628. The number of aryl methyl sites for hydroxylation is 2. The summed E-state index contributed by atoms with van der Waals surface area (Å²) in [5.74, 6) is 0.688. The molecular weight excluding hydrogens is 264 g/mol. The molecule has 21 heavy (non-hydrogen) atoms. The van der Waals surface area contributed by atoms with Crippen molar-refractivity contribution in [2.75, 3.05) is 18.4 Å². The van der Waals surface area contributed by atoms with Crippen LogP contribution in [-0.2, 0) is 13.1 Å². The first-order chi connectivity index (χ1) is 10.2. The number of nitrogens with zero attached hydrogens (tertiary/aromatic N) is 4. The number of hydrogen-bond donors (Lipinski definition) is 2. The Kier molecular flexibility index (Phi) is 5.68. The first kappa shape index (κ1) is 15.4. The number of nitrogens with one attached hydrogen (secondary N) is 2. The monoisotopic (exact) mass is 288 g/mol. The maximum Gasteiger partial charge on any atom is 0.222 e. The molecule has 2 heterocycles. The van der Waals surface area contributed by atoms with Gasteiger partial charge in [0.05, 0.1) is 5.69 Å². The van der Waals surface area contributed by atoms with E-state index < -0.39 is 0 Å². The third-order valence-electron chi connectivity index (χ3n) is 3.51. The summed E-state index contributed by atoms with van der Waals surface area (Å²) in [6.45, 7) is 9.94. The maximum absolute atomic E-state index is 4.53. The highest BCUT2D eigenvalue weighted by Crippen LogP contribution is 2.12. The first-order valence-corrected chi connectivity index (χ1v) is 7.47. The van der Waals surface area contributed by atoms with E-state index in [4.69, 9.17) is 0 Å². The molecule has 6 nitrogen and oxygen atoms in total. The Morgan fingerprint density at radius 3 is 2.57 bits per heavy atom. The first-order valence-electron chi connectivity index (χ1n) is 7.47. The van der Waals surface area contributed by atoms with Gasteiger partial charge in [-0.25, -0.2) is 9.97 Å². The number of anilines is 1. The summed E-state index contributed by atoms with van der Waals surface area (Å²) in [6, 6.07) is 1.81. The summed E-state index contributed by atoms with van der Waals surface area (Å²) in [7, 11) is 0. The summed E-state index contributed by atoms with van der Waals surface area (Å²) in [6.07, 6.45) is 4.51. The molecule has 0 atom stereocenters. The van der Waals surface area contributed by atoms with E-state index in [-0.39, 0.29) is 0 Å². The minimum atomic E-state index is 0.688. The third-order valence-corrected chi connectivity index (χ3v) is 3.51. The van der Waals surface area contributed by atoms with Crippen molar-refractivity contribution in [3.05, 3.63) is 35.4 Å². The summed E-state index contributed by atoms with van der Waals surface area (Å²) in [5.41, 5.74) is 3.70. The molecule has 0 aliphatic carbocycles. The smallest absolute Gasteiger partial charge is 0.222 e. The van der Waals surface area contributed by atoms with Crippen LogP contribution in [0.5, 0.6) is 0 Å². The quantitative estimate of drug-likeness (QED) is 0.726. The SMILES string of the molecule is CCn1nc(C)c(CNCCCNc2ncccn2)c1C. The van der Waals surface area contributed by atoms with Gasteiger partial charge < -0.3 is 10.6 Å². The maximum atomic E-state index is 4.53. The minimum Gasteiger partial charge on any atom is -0.354 e. The van der Waals surface area contributed by atoms with E-state index in [1.54, 1.807) is 12.4 Å². The largest absolute Gasteiger partial charge is 0.354 e. The van der Waals surface area contributed by atoms with Gasteiger partial charge in [0.25, 0.3) is 0 Å². The molecule has 0 unspecified atom stereocenters. The van der Waals surface area contributed by atoms with E-state index in [1.807, 2.05) is 6.07 Å². The Hall–Kier alpha value is -1.95. The average molecular weight is 288 g/mol. The Bertz CT molecular complexity index is 549. The average Bonchev–Trinajstić information content (AvgIpc) is 2.78. The van der Waals surface area contributed by atoms with Gasteiger partial charge in [0.2, 0.25) is 5.95 Å². The van der Waals surface area contributed by atoms with Gasteiger partial charge in [0.15, 0.2) is 0 Å². The zero-order valence-corrected chi connectivity index (χ0v) is 13.1. The molecule has 6 heteroatoms. The predicted octanol–water partition coefficient (Wildman–Crippen LogP) is 1.90. The Balaban J connectivity index is 1.67. The fourth-order valence-electron chi connectivity index (χ4n) is 2.32. The molecule has 0 fully saturated rings. The number of aromatic nitrogens is 4.